The van der Waals surface area contributed by atoms with E-state index in [4.69, 9.17) is 5.11 Å². The molecule has 0 aromatic carbocycles. The van der Waals surface area contributed by atoms with Crippen molar-refractivity contribution in [3.63, 3.8) is 0 Å². The summed E-state index contributed by atoms with van der Waals surface area (Å²) < 4.78 is 43.0. The number of hydrogen-bond donors (Lipinski definition) is 1. The van der Waals surface area contributed by atoms with Crippen molar-refractivity contribution in [2.24, 2.45) is 0 Å². The van der Waals surface area contributed by atoms with Crippen LogP contribution in [0.15, 0.2) is 20.3 Å². The van der Waals surface area contributed by atoms with E-state index in [9.17, 15) is 18.0 Å². The van der Waals surface area contributed by atoms with Gasteiger partial charge < -0.3 is 9.52 Å². The predicted molar refractivity (Wildman–Crippen MR) is 59.5 cm³/mol. The molecule has 2 aromatic heterocycles. The van der Waals surface area contributed by atoms with Gasteiger partial charge in [-0.1, -0.05) is 0 Å². The van der Waals surface area contributed by atoms with Gasteiger partial charge in [-0.05, 0) is 28.1 Å². The second-order valence-corrected chi connectivity index (χ2v) is 5.57. The average Bonchev–Trinajstić information content (AvgIpc) is 2.81. The molecule has 0 bridgehead atoms. The molecule has 2 heterocycles. The van der Waals surface area contributed by atoms with Gasteiger partial charge in [-0.2, -0.15) is 13.2 Å². The van der Waals surface area contributed by atoms with E-state index in [-0.39, 0.29) is 5.89 Å². The summed E-state index contributed by atoms with van der Waals surface area (Å²) >= 11 is 4.22. The zero-order valence-electron chi connectivity index (χ0n) is 8.29. The lowest BCUT2D eigenvalue weighted by atomic mass is 10.3. The Labute approximate surface area is 110 Å². The number of aromatic nitrogens is 1. The Hall–Kier alpha value is -1.35. The molecular weight excluding hydrogens is 339 g/mol. The fourth-order valence-electron chi connectivity index (χ4n) is 1.19. The molecule has 0 aliphatic rings. The van der Waals surface area contributed by atoms with Crippen LogP contribution < -0.4 is 0 Å². The quantitative estimate of drug-likeness (QED) is 0.900. The number of nitrogens with zero attached hydrogens (tertiary/aromatic N) is 1. The monoisotopic (exact) mass is 341 g/mol. The van der Waals surface area contributed by atoms with E-state index in [0.717, 1.165) is 11.3 Å². The van der Waals surface area contributed by atoms with Crippen molar-refractivity contribution in [3.8, 4) is 10.8 Å². The van der Waals surface area contributed by atoms with Crippen LogP contribution in [0.1, 0.15) is 16.2 Å². The Balaban J connectivity index is 2.56. The van der Waals surface area contributed by atoms with Crippen LogP contribution in [0, 0.1) is 0 Å². The first-order valence-corrected chi connectivity index (χ1v) is 5.97. The van der Waals surface area contributed by atoms with E-state index in [2.05, 4.69) is 25.3 Å². The highest BCUT2D eigenvalue weighted by molar-refractivity contribution is 9.11. The molecule has 0 atom stereocenters. The molecule has 0 spiro atoms. The minimum Gasteiger partial charge on any atom is -0.475 e. The molecule has 0 unspecified atom stereocenters. The minimum atomic E-state index is -4.87. The zero-order chi connectivity index (χ0) is 13.5. The van der Waals surface area contributed by atoms with Crippen molar-refractivity contribution >= 4 is 33.2 Å². The van der Waals surface area contributed by atoms with Gasteiger partial charge in [-0.15, -0.1) is 11.3 Å². The molecule has 2 aromatic rings. The number of carboxylic acids is 1. The number of carbonyl (C=O) groups is 1. The number of halogens is 4. The number of carboxylic acid groups (broad SMARTS) is 1. The largest absolute Gasteiger partial charge is 0.475 e. The molecule has 0 radical (unpaired) electrons. The third-order valence-corrected chi connectivity index (χ3v) is 3.49. The summed E-state index contributed by atoms with van der Waals surface area (Å²) in [6.45, 7) is 0. The lowest BCUT2D eigenvalue weighted by molar-refractivity contribution is -0.141. The third kappa shape index (κ3) is 2.41. The maximum atomic E-state index is 12.6. The summed E-state index contributed by atoms with van der Waals surface area (Å²) in [6.07, 6.45) is -4.87. The standard InChI is InChI=1S/C9H3BrF3NO3S/c10-4-2-1-3(18-4)7-14-6(9(11,12)13)5(17-7)8(15)16/h1-2H,(H,15,16). The fourth-order valence-corrected chi connectivity index (χ4v) is 2.50. The highest BCUT2D eigenvalue weighted by Gasteiger charge is 2.41. The number of rotatable bonds is 2. The number of alkyl halides is 3. The van der Waals surface area contributed by atoms with E-state index in [1.54, 1.807) is 6.07 Å². The van der Waals surface area contributed by atoms with Crippen molar-refractivity contribution in [1.29, 1.82) is 0 Å². The zero-order valence-corrected chi connectivity index (χ0v) is 10.7. The van der Waals surface area contributed by atoms with Crippen molar-refractivity contribution < 1.29 is 27.5 Å². The van der Waals surface area contributed by atoms with Crippen LogP contribution in [0.5, 0.6) is 0 Å². The molecular formula is C9H3BrF3NO3S. The maximum Gasteiger partial charge on any atom is 0.437 e. The average molecular weight is 342 g/mol. The SMILES string of the molecule is O=C(O)c1oc(-c2ccc(Br)s2)nc1C(F)(F)F. The smallest absolute Gasteiger partial charge is 0.437 e. The van der Waals surface area contributed by atoms with Gasteiger partial charge in [0.15, 0.2) is 5.69 Å². The number of oxazole rings is 1. The van der Waals surface area contributed by atoms with Crippen LogP contribution in [0.3, 0.4) is 0 Å². The molecule has 2 rings (SSSR count). The number of hydrogen-bond acceptors (Lipinski definition) is 4. The first-order valence-electron chi connectivity index (χ1n) is 4.36. The van der Waals surface area contributed by atoms with Gasteiger partial charge >= 0.3 is 12.1 Å². The minimum absolute atomic E-state index is 0.305. The van der Waals surface area contributed by atoms with Gasteiger partial charge in [-0.3, -0.25) is 0 Å². The van der Waals surface area contributed by atoms with Gasteiger partial charge in [0.2, 0.25) is 11.7 Å². The Morgan fingerprint density at radius 3 is 2.50 bits per heavy atom. The van der Waals surface area contributed by atoms with Crippen LogP contribution in [-0.4, -0.2) is 16.1 Å². The van der Waals surface area contributed by atoms with Crippen molar-refractivity contribution in [2.45, 2.75) is 6.18 Å². The van der Waals surface area contributed by atoms with Crippen molar-refractivity contribution in [1.82, 2.24) is 4.98 Å². The molecule has 0 saturated heterocycles. The maximum absolute atomic E-state index is 12.6. The molecule has 4 nitrogen and oxygen atoms in total. The van der Waals surface area contributed by atoms with Gasteiger partial charge in [0.1, 0.15) is 0 Å². The first-order chi connectivity index (χ1) is 8.29. The Bertz CT molecular complexity index is 604. The molecule has 96 valence electrons. The molecule has 9 heteroatoms. The Morgan fingerprint density at radius 1 is 1.44 bits per heavy atom. The summed E-state index contributed by atoms with van der Waals surface area (Å²) in [4.78, 5) is 14.2. The highest BCUT2D eigenvalue weighted by atomic mass is 79.9. The van der Waals surface area contributed by atoms with Crippen molar-refractivity contribution in [2.75, 3.05) is 0 Å². The second kappa shape index (κ2) is 4.39. The van der Waals surface area contributed by atoms with E-state index in [1.165, 1.54) is 6.07 Å². The molecule has 1 N–H and O–H groups in total. The van der Waals surface area contributed by atoms with Gasteiger partial charge in [0.25, 0.3) is 0 Å². The van der Waals surface area contributed by atoms with E-state index in [0.29, 0.717) is 8.66 Å². The van der Waals surface area contributed by atoms with Crippen LogP contribution in [0.25, 0.3) is 10.8 Å². The summed E-state index contributed by atoms with van der Waals surface area (Å²) in [5, 5.41) is 8.65. The summed E-state index contributed by atoms with van der Waals surface area (Å²) in [5.41, 5.74) is -1.53. The highest BCUT2D eigenvalue weighted by Crippen LogP contribution is 2.37. The fraction of sp³-hybridized carbons (Fsp3) is 0.111. The van der Waals surface area contributed by atoms with Crippen LogP contribution >= 0.6 is 27.3 Å². The topological polar surface area (TPSA) is 63.3 Å². The molecule has 18 heavy (non-hydrogen) atoms. The van der Waals surface area contributed by atoms with E-state index in [1.807, 2.05) is 0 Å². The van der Waals surface area contributed by atoms with Crippen LogP contribution in [-0.2, 0) is 6.18 Å². The first kappa shape index (κ1) is 13.1. The van der Waals surface area contributed by atoms with Gasteiger partial charge in [-0.25, -0.2) is 9.78 Å². The summed E-state index contributed by atoms with van der Waals surface area (Å²) in [7, 11) is 0. The molecule has 0 amide bonds. The Kier molecular flexibility index (Phi) is 3.20. The van der Waals surface area contributed by atoms with E-state index < -0.39 is 23.6 Å². The van der Waals surface area contributed by atoms with Crippen molar-refractivity contribution in [3.05, 3.63) is 27.4 Å². The lowest BCUT2D eigenvalue weighted by Crippen LogP contribution is -2.11. The Morgan fingerprint density at radius 2 is 2.11 bits per heavy atom. The molecule has 0 saturated carbocycles. The lowest BCUT2D eigenvalue weighted by Gasteiger charge is -2.00. The summed E-state index contributed by atoms with van der Waals surface area (Å²) in [6, 6.07) is 3.07. The normalized spacial score (nSPS) is 11.8. The van der Waals surface area contributed by atoms with Gasteiger partial charge in [0, 0.05) is 0 Å². The molecule has 0 fully saturated rings. The van der Waals surface area contributed by atoms with Crippen LogP contribution in [0.2, 0.25) is 0 Å². The predicted octanol–water partition coefficient (Wildman–Crippen LogP) is 3.88. The molecule has 0 aliphatic carbocycles. The summed E-state index contributed by atoms with van der Waals surface area (Å²) in [5.74, 6) is -3.38. The third-order valence-electron chi connectivity index (χ3n) is 1.87. The number of thiophene rings is 1. The molecule has 0 aliphatic heterocycles. The second-order valence-electron chi connectivity index (χ2n) is 3.10. The van der Waals surface area contributed by atoms with Gasteiger partial charge in [0.05, 0.1) is 8.66 Å². The van der Waals surface area contributed by atoms with E-state index >= 15 is 0 Å². The number of aromatic carboxylic acids is 1. The van der Waals surface area contributed by atoms with Crippen LogP contribution in [0.4, 0.5) is 13.2 Å².